The summed E-state index contributed by atoms with van der Waals surface area (Å²) in [6.45, 7) is 11.4. The van der Waals surface area contributed by atoms with Gasteiger partial charge < -0.3 is 24.6 Å². The predicted octanol–water partition coefficient (Wildman–Crippen LogP) is 5.36. The van der Waals surface area contributed by atoms with Gasteiger partial charge in [-0.1, -0.05) is 0 Å². The molecular weight excluding hydrogens is 534 g/mol. The van der Waals surface area contributed by atoms with Gasteiger partial charge in [-0.15, -0.1) is 0 Å². The number of nitrogens with one attached hydrogen (secondary N) is 1. The number of carbonyl (C=O) groups is 1. The lowest BCUT2D eigenvalue weighted by Crippen LogP contribution is -2.54. The molecule has 0 spiro atoms. The average Bonchev–Trinajstić information content (AvgIpc) is 3.42. The molecule has 6 rings (SSSR count). The van der Waals surface area contributed by atoms with Crippen molar-refractivity contribution in [1.82, 2.24) is 34.4 Å². The molecule has 1 atom stereocenters. The van der Waals surface area contributed by atoms with Gasteiger partial charge in [-0.05, 0) is 76.6 Å². The maximum atomic E-state index is 12.6. The molecule has 0 radical (unpaired) electrons. The van der Waals surface area contributed by atoms with E-state index < -0.39 is 5.60 Å². The van der Waals surface area contributed by atoms with E-state index >= 15 is 0 Å². The van der Waals surface area contributed by atoms with Gasteiger partial charge >= 0.3 is 6.09 Å². The Morgan fingerprint density at radius 2 is 1.88 bits per heavy atom. The minimum atomic E-state index is -0.528. The second-order valence-corrected chi connectivity index (χ2v) is 11.4. The number of fused-ring (bicyclic) bond motifs is 2. The lowest BCUT2D eigenvalue weighted by Gasteiger charge is -2.40. The monoisotopic (exact) mass is 567 g/mol. The highest BCUT2D eigenvalue weighted by Gasteiger charge is 2.30. The van der Waals surface area contributed by atoms with Crippen molar-refractivity contribution in [2.75, 3.05) is 29.9 Å². The van der Waals surface area contributed by atoms with Gasteiger partial charge in [0, 0.05) is 43.6 Å². The lowest BCUT2D eigenvalue weighted by molar-refractivity contribution is 0.0218. The minimum absolute atomic E-state index is 0.0536. The first-order valence-electron chi connectivity index (χ1n) is 13.8. The van der Waals surface area contributed by atoms with Crippen LogP contribution in [-0.2, 0) is 4.74 Å². The molecule has 0 aliphatic carbocycles. The first kappa shape index (κ1) is 27.2. The van der Waals surface area contributed by atoms with Crippen LogP contribution in [0.2, 0.25) is 0 Å². The summed E-state index contributed by atoms with van der Waals surface area (Å²) in [5, 5.41) is 7.52. The third kappa shape index (κ3) is 5.73. The number of amides is 1. The van der Waals surface area contributed by atoms with E-state index in [2.05, 4.69) is 37.2 Å². The Morgan fingerprint density at radius 1 is 1.02 bits per heavy atom. The third-order valence-electron chi connectivity index (χ3n) is 6.96. The number of hydrogen-bond acceptors (Lipinski definition) is 10. The lowest BCUT2D eigenvalue weighted by atomic mass is 10.2. The topological polar surface area (TPSA) is 123 Å². The highest BCUT2D eigenvalue weighted by molar-refractivity contribution is 5.88. The van der Waals surface area contributed by atoms with Gasteiger partial charge in [0.1, 0.15) is 41.1 Å². The highest BCUT2D eigenvalue weighted by Crippen LogP contribution is 2.31. The largest absolute Gasteiger partial charge is 0.457 e. The van der Waals surface area contributed by atoms with Gasteiger partial charge in [0.15, 0.2) is 11.5 Å². The fourth-order valence-electron chi connectivity index (χ4n) is 4.94. The molecule has 5 heterocycles. The van der Waals surface area contributed by atoms with Gasteiger partial charge in [-0.25, -0.2) is 29.2 Å². The van der Waals surface area contributed by atoms with Crippen molar-refractivity contribution >= 4 is 40.1 Å². The number of nitrogens with zero attached hydrogens (tertiary/aromatic N) is 8. The van der Waals surface area contributed by atoms with E-state index in [9.17, 15) is 4.79 Å². The summed E-state index contributed by atoms with van der Waals surface area (Å²) in [6, 6.07) is 13.5. The normalized spacial score (nSPS) is 15.7. The summed E-state index contributed by atoms with van der Waals surface area (Å²) in [4.78, 5) is 34.6. The maximum absolute atomic E-state index is 12.6. The first-order chi connectivity index (χ1) is 20.1. The van der Waals surface area contributed by atoms with Crippen LogP contribution in [0.3, 0.4) is 0 Å². The van der Waals surface area contributed by atoms with Crippen molar-refractivity contribution < 1.29 is 14.3 Å². The van der Waals surface area contributed by atoms with E-state index in [0.29, 0.717) is 42.4 Å². The second-order valence-electron chi connectivity index (χ2n) is 11.4. The first-order valence-corrected chi connectivity index (χ1v) is 13.8. The Bertz CT molecular complexity index is 1760. The van der Waals surface area contributed by atoms with Crippen LogP contribution in [0.5, 0.6) is 11.5 Å². The zero-order chi connectivity index (χ0) is 29.4. The fourth-order valence-corrected chi connectivity index (χ4v) is 4.94. The van der Waals surface area contributed by atoms with Crippen LogP contribution in [0.15, 0.2) is 61.3 Å². The number of aryl methyl sites for hydroxylation is 1. The number of rotatable bonds is 5. The van der Waals surface area contributed by atoms with E-state index in [1.807, 2.05) is 76.4 Å². The molecule has 12 nitrogen and oxygen atoms in total. The summed E-state index contributed by atoms with van der Waals surface area (Å²) in [5.74, 6) is 2.82. The molecule has 42 heavy (non-hydrogen) atoms. The van der Waals surface area contributed by atoms with E-state index in [1.54, 1.807) is 9.42 Å². The molecular formula is C30H33N9O3. The number of aromatic nitrogens is 6. The van der Waals surface area contributed by atoms with Crippen molar-refractivity contribution in [3.8, 4) is 11.5 Å². The molecule has 1 aromatic carbocycles. The highest BCUT2D eigenvalue weighted by atomic mass is 16.6. The minimum Gasteiger partial charge on any atom is -0.457 e. The second kappa shape index (κ2) is 10.8. The predicted molar refractivity (Wildman–Crippen MR) is 159 cm³/mol. The standard InChI is InChI=1S/C30H33N9O3/c1-19-14-21(6-8-24(19)41-22-10-11-39-26(15-22)32-18-34-39)35-28-27-23(31-17-33-28)7-9-25(36-27)38-13-12-37(16-20(38)2)29(40)42-30(3,4)5/h6-11,14-15,17-18,20H,12-13,16H2,1-5H3,(H,31,33,35)/t20-/m1/s1. The Balaban J connectivity index is 1.19. The van der Waals surface area contributed by atoms with E-state index in [4.69, 9.17) is 14.5 Å². The van der Waals surface area contributed by atoms with Crippen molar-refractivity contribution in [1.29, 1.82) is 0 Å². The number of ether oxygens (including phenoxy) is 2. The van der Waals surface area contributed by atoms with Crippen LogP contribution < -0.4 is 15.0 Å². The fraction of sp³-hybridized carbons (Fsp3) is 0.333. The molecule has 0 saturated carbocycles. The van der Waals surface area contributed by atoms with Crippen LogP contribution in [-0.4, -0.2) is 71.8 Å². The molecule has 1 amide bonds. The third-order valence-corrected chi connectivity index (χ3v) is 6.96. The summed E-state index contributed by atoms with van der Waals surface area (Å²) in [7, 11) is 0. The zero-order valence-electron chi connectivity index (χ0n) is 24.3. The van der Waals surface area contributed by atoms with Crippen molar-refractivity contribution in [2.45, 2.75) is 46.3 Å². The quantitative estimate of drug-likeness (QED) is 0.297. The Labute approximate surface area is 243 Å². The molecule has 4 aromatic heterocycles. The molecule has 1 N–H and O–H groups in total. The smallest absolute Gasteiger partial charge is 0.410 e. The average molecular weight is 568 g/mol. The number of hydrogen-bond donors (Lipinski definition) is 1. The zero-order valence-corrected chi connectivity index (χ0v) is 24.3. The molecule has 1 fully saturated rings. The van der Waals surface area contributed by atoms with Crippen LogP contribution >= 0.6 is 0 Å². The number of pyridine rings is 2. The molecule has 216 valence electrons. The van der Waals surface area contributed by atoms with Crippen molar-refractivity contribution in [3.05, 3.63) is 66.9 Å². The van der Waals surface area contributed by atoms with Crippen molar-refractivity contribution in [2.24, 2.45) is 0 Å². The Kier molecular flexibility index (Phi) is 6.97. The Morgan fingerprint density at radius 3 is 2.67 bits per heavy atom. The van der Waals surface area contributed by atoms with E-state index in [1.165, 1.54) is 12.7 Å². The van der Waals surface area contributed by atoms with Crippen LogP contribution in [0.25, 0.3) is 16.7 Å². The summed E-state index contributed by atoms with van der Waals surface area (Å²) in [5.41, 5.74) is 3.38. The molecule has 1 saturated heterocycles. The van der Waals surface area contributed by atoms with Gasteiger partial charge in [0.05, 0.1) is 5.52 Å². The van der Waals surface area contributed by atoms with Crippen LogP contribution in [0.1, 0.15) is 33.3 Å². The van der Waals surface area contributed by atoms with Gasteiger partial charge in [0.25, 0.3) is 0 Å². The molecule has 0 bridgehead atoms. The Hall–Kier alpha value is -5.00. The molecule has 1 aliphatic heterocycles. The number of benzene rings is 1. The SMILES string of the molecule is Cc1cc(Nc2ncnc3ccc(N4CCN(C(=O)OC(C)(C)C)C[C@H]4C)nc23)ccc1Oc1ccn2ncnc2c1. The van der Waals surface area contributed by atoms with Gasteiger partial charge in [-0.3, -0.25) is 0 Å². The summed E-state index contributed by atoms with van der Waals surface area (Å²) in [6.07, 6.45) is 4.56. The molecule has 0 unspecified atom stereocenters. The number of piperazine rings is 1. The van der Waals surface area contributed by atoms with Crippen LogP contribution in [0.4, 0.5) is 22.1 Å². The van der Waals surface area contributed by atoms with Crippen molar-refractivity contribution in [3.63, 3.8) is 0 Å². The number of anilines is 3. The summed E-state index contributed by atoms with van der Waals surface area (Å²) >= 11 is 0. The molecule has 5 aromatic rings. The molecule has 12 heteroatoms. The maximum Gasteiger partial charge on any atom is 0.410 e. The number of carbonyl (C=O) groups excluding carboxylic acids is 1. The van der Waals surface area contributed by atoms with E-state index in [0.717, 1.165) is 28.3 Å². The summed E-state index contributed by atoms with van der Waals surface area (Å²) < 4.78 is 13.4. The van der Waals surface area contributed by atoms with Crippen LogP contribution in [0, 0.1) is 6.92 Å². The van der Waals surface area contributed by atoms with Gasteiger partial charge in [-0.2, -0.15) is 5.10 Å². The van der Waals surface area contributed by atoms with E-state index in [-0.39, 0.29) is 12.1 Å². The van der Waals surface area contributed by atoms with Gasteiger partial charge in [0.2, 0.25) is 0 Å². The molecule has 1 aliphatic rings.